The van der Waals surface area contributed by atoms with E-state index in [4.69, 9.17) is 0 Å². The van der Waals surface area contributed by atoms with E-state index in [1.165, 1.54) is 5.56 Å². The second-order valence-corrected chi connectivity index (χ2v) is 6.33. The van der Waals surface area contributed by atoms with Crippen LogP contribution >= 0.6 is 0 Å². The molecular weight excluding hydrogens is 278 g/mol. The van der Waals surface area contributed by atoms with E-state index in [0.29, 0.717) is 12.1 Å². The van der Waals surface area contributed by atoms with Crippen LogP contribution in [0.15, 0.2) is 24.3 Å². The van der Waals surface area contributed by atoms with Crippen molar-refractivity contribution in [2.75, 3.05) is 11.9 Å². The highest BCUT2D eigenvalue weighted by Crippen LogP contribution is 2.18. The summed E-state index contributed by atoms with van der Waals surface area (Å²) in [5.41, 5.74) is 8.10. The largest absolute Gasteiger partial charge is 0.325 e. The molecule has 0 aliphatic carbocycles. The average molecular weight is 303 g/mol. The fourth-order valence-electron chi connectivity index (χ4n) is 2.96. The Balaban J connectivity index is 1.58. The van der Waals surface area contributed by atoms with Crippen LogP contribution in [0, 0.1) is 0 Å². The van der Waals surface area contributed by atoms with Crippen LogP contribution in [0.1, 0.15) is 38.4 Å². The normalized spacial score (nSPS) is 31.9. The summed E-state index contributed by atoms with van der Waals surface area (Å²) < 4.78 is 0. The van der Waals surface area contributed by atoms with Gasteiger partial charge in [0, 0.05) is 17.8 Å². The molecule has 5 N–H and O–H groups in total. The summed E-state index contributed by atoms with van der Waals surface area (Å²) in [7, 11) is 0. The van der Waals surface area contributed by atoms with Crippen LogP contribution < -0.4 is 26.8 Å². The van der Waals surface area contributed by atoms with Crippen LogP contribution in [-0.2, 0) is 4.79 Å². The van der Waals surface area contributed by atoms with Gasteiger partial charge in [0.25, 0.3) is 0 Å². The quantitative estimate of drug-likeness (QED) is 0.572. The predicted octanol–water partition coefficient (Wildman–Crippen LogP) is 0.850. The van der Waals surface area contributed by atoms with Crippen LogP contribution in [0.25, 0.3) is 0 Å². The third kappa shape index (κ3) is 3.64. The Bertz CT molecular complexity index is 518. The first-order valence-corrected chi connectivity index (χ1v) is 8.03. The van der Waals surface area contributed by atoms with E-state index < -0.39 is 0 Å². The molecule has 6 nitrogen and oxygen atoms in total. The number of carbonyl (C=O) groups excluding carboxylic acids is 1. The van der Waals surface area contributed by atoms with Gasteiger partial charge < -0.3 is 5.32 Å². The Kier molecular flexibility index (Phi) is 4.73. The summed E-state index contributed by atoms with van der Waals surface area (Å²) in [5.74, 6) is 0.00661. The van der Waals surface area contributed by atoms with Crippen molar-refractivity contribution in [2.45, 2.75) is 51.0 Å². The van der Waals surface area contributed by atoms with Crippen molar-refractivity contribution in [1.82, 2.24) is 21.5 Å². The molecule has 22 heavy (non-hydrogen) atoms. The lowest BCUT2D eigenvalue weighted by Crippen LogP contribution is -2.46. The van der Waals surface area contributed by atoms with E-state index in [1.54, 1.807) is 0 Å². The molecule has 4 unspecified atom stereocenters. The maximum absolute atomic E-state index is 12.2. The van der Waals surface area contributed by atoms with E-state index in [2.05, 4.69) is 52.8 Å². The molecule has 2 aliphatic rings. The monoisotopic (exact) mass is 303 g/mol. The second-order valence-electron chi connectivity index (χ2n) is 6.33. The summed E-state index contributed by atoms with van der Waals surface area (Å²) in [6.45, 7) is 5.28. The standard InChI is InChI=1S/C16H25N5O/c1-10-7-8-17-15(18-10)12-3-5-13(6-4-12)19-16(22)14-9-11(2)20-21-14/h3-6,10-11,14-15,17-18,20-21H,7-9H2,1-2H3,(H,19,22). The van der Waals surface area contributed by atoms with Gasteiger partial charge in [-0.25, -0.2) is 5.43 Å². The van der Waals surface area contributed by atoms with Crippen molar-refractivity contribution in [3.05, 3.63) is 29.8 Å². The zero-order valence-corrected chi connectivity index (χ0v) is 13.1. The fraction of sp³-hybridized carbons (Fsp3) is 0.562. The van der Waals surface area contributed by atoms with Crippen LogP contribution in [0.3, 0.4) is 0 Å². The molecular formula is C16H25N5O. The third-order valence-electron chi connectivity index (χ3n) is 4.30. The lowest BCUT2D eigenvalue weighted by atomic mass is 10.1. The number of carbonyl (C=O) groups is 1. The summed E-state index contributed by atoms with van der Waals surface area (Å²) in [4.78, 5) is 12.2. The van der Waals surface area contributed by atoms with Gasteiger partial charge >= 0.3 is 0 Å². The number of anilines is 1. The second kappa shape index (κ2) is 6.75. The topological polar surface area (TPSA) is 77.2 Å². The fourth-order valence-corrected chi connectivity index (χ4v) is 2.96. The van der Waals surface area contributed by atoms with Gasteiger partial charge in [-0.1, -0.05) is 12.1 Å². The van der Waals surface area contributed by atoms with Crippen molar-refractivity contribution in [2.24, 2.45) is 0 Å². The van der Waals surface area contributed by atoms with Crippen LogP contribution in [0.5, 0.6) is 0 Å². The zero-order valence-electron chi connectivity index (χ0n) is 13.1. The summed E-state index contributed by atoms with van der Waals surface area (Å²) in [6, 6.07) is 8.71. The number of amides is 1. The van der Waals surface area contributed by atoms with Crippen LogP contribution in [0.4, 0.5) is 5.69 Å². The molecule has 1 amide bonds. The van der Waals surface area contributed by atoms with E-state index >= 15 is 0 Å². The van der Waals surface area contributed by atoms with E-state index in [0.717, 1.165) is 25.1 Å². The van der Waals surface area contributed by atoms with Gasteiger partial charge in [0.1, 0.15) is 6.04 Å². The van der Waals surface area contributed by atoms with E-state index in [1.807, 2.05) is 12.1 Å². The first kappa shape index (κ1) is 15.4. The Morgan fingerprint density at radius 2 is 1.91 bits per heavy atom. The number of benzene rings is 1. The minimum absolute atomic E-state index is 0.00661. The van der Waals surface area contributed by atoms with Crippen LogP contribution in [0.2, 0.25) is 0 Å². The Labute approximate surface area is 131 Å². The molecule has 0 bridgehead atoms. The highest BCUT2D eigenvalue weighted by atomic mass is 16.2. The molecule has 0 saturated carbocycles. The maximum Gasteiger partial charge on any atom is 0.242 e. The van der Waals surface area contributed by atoms with Crippen molar-refractivity contribution in [3.63, 3.8) is 0 Å². The Morgan fingerprint density at radius 3 is 2.55 bits per heavy atom. The average Bonchev–Trinajstić information content (AvgIpc) is 2.95. The molecule has 1 aromatic carbocycles. The molecule has 0 spiro atoms. The Hall–Kier alpha value is -1.47. The smallest absolute Gasteiger partial charge is 0.242 e. The molecule has 6 heteroatoms. The molecule has 0 aromatic heterocycles. The molecule has 4 atom stereocenters. The minimum Gasteiger partial charge on any atom is -0.325 e. The van der Waals surface area contributed by atoms with Crippen LogP contribution in [-0.4, -0.2) is 30.6 Å². The Morgan fingerprint density at radius 1 is 1.14 bits per heavy atom. The predicted molar refractivity (Wildman–Crippen MR) is 87.2 cm³/mol. The van der Waals surface area contributed by atoms with E-state index in [-0.39, 0.29) is 18.1 Å². The van der Waals surface area contributed by atoms with Gasteiger partial charge in [0.2, 0.25) is 5.91 Å². The number of rotatable bonds is 3. The van der Waals surface area contributed by atoms with E-state index in [9.17, 15) is 4.79 Å². The first-order chi connectivity index (χ1) is 10.6. The molecule has 2 fully saturated rings. The van der Waals surface area contributed by atoms with Crippen molar-refractivity contribution < 1.29 is 4.79 Å². The van der Waals surface area contributed by atoms with Gasteiger partial charge in [0.15, 0.2) is 0 Å². The molecule has 2 heterocycles. The number of nitrogens with one attached hydrogen (secondary N) is 5. The molecule has 2 aliphatic heterocycles. The molecule has 120 valence electrons. The molecule has 2 saturated heterocycles. The minimum atomic E-state index is -0.169. The van der Waals surface area contributed by atoms with Gasteiger partial charge in [-0.05, 0) is 50.9 Å². The SMILES string of the molecule is CC1CC(C(=O)Nc2ccc(C3NCCC(C)N3)cc2)NN1. The highest BCUT2D eigenvalue weighted by Gasteiger charge is 2.26. The molecule has 1 aromatic rings. The molecule has 0 radical (unpaired) electrons. The van der Waals surface area contributed by atoms with Crippen molar-refractivity contribution in [3.8, 4) is 0 Å². The maximum atomic E-state index is 12.2. The number of hydrogen-bond donors (Lipinski definition) is 5. The number of hydrogen-bond acceptors (Lipinski definition) is 5. The lowest BCUT2D eigenvalue weighted by Gasteiger charge is -2.30. The zero-order chi connectivity index (χ0) is 15.5. The third-order valence-corrected chi connectivity index (χ3v) is 4.30. The summed E-state index contributed by atoms with van der Waals surface area (Å²) >= 11 is 0. The molecule has 3 rings (SSSR count). The highest BCUT2D eigenvalue weighted by molar-refractivity contribution is 5.95. The summed E-state index contributed by atoms with van der Waals surface area (Å²) in [5, 5.41) is 9.95. The van der Waals surface area contributed by atoms with Crippen molar-refractivity contribution >= 4 is 11.6 Å². The summed E-state index contributed by atoms with van der Waals surface area (Å²) in [6.07, 6.45) is 2.14. The first-order valence-electron chi connectivity index (χ1n) is 8.03. The van der Waals surface area contributed by atoms with Gasteiger partial charge in [-0.15, -0.1) is 0 Å². The lowest BCUT2D eigenvalue weighted by molar-refractivity contribution is -0.117. The van der Waals surface area contributed by atoms with Gasteiger partial charge in [0.05, 0.1) is 6.17 Å². The number of hydrazine groups is 1. The van der Waals surface area contributed by atoms with Crippen molar-refractivity contribution in [1.29, 1.82) is 0 Å². The van der Waals surface area contributed by atoms with Gasteiger partial charge in [-0.2, -0.15) is 0 Å². The van der Waals surface area contributed by atoms with Gasteiger partial charge in [-0.3, -0.25) is 20.9 Å².